The molecular weight excluding hydrogens is 537 g/mol. The lowest BCUT2D eigenvalue weighted by Gasteiger charge is -2.33. The molecule has 1 heterocycles. The van der Waals surface area contributed by atoms with Crippen molar-refractivity contribution in [1.82, 2.24) is 20.4 Å². The number of aryl methyl sites for hydroxylation is 2. The zero-order valence-corrected chi connectivity index (χ0v) is 23.3. The van der Waals surface area contributed by atoms with Gasteiger partial charge in [-0.1, -0.05) is 48.5 Å². The van der Waals surface area contributed by atoms with Crippen LogP contribution in [0.2, 0.25) is 0 Å². The van der Waals surface area contributed by atoms with Crippen molar-refractivity contribution in [2.24, 2.45) is 4.99 Å². The first kappa shape index (κ1) is 28.1. The Morgan fingerprint density at radius 3 is 2.29 bits per heavy atom. The van der Waals surface area contributed by atoms with Crippen LogP contribution in [0.1, 0.15) is 35.1 Å². The van der Waals surface area contributed by atoms with Gasteiger partial charge in [0.2, 0.25) is 5.91 Å². The van der Waals surface area contributed by atoms with Gasteiger partial charge in [0.15, 0.2) is 5.96 Å². The van der Waals surface area contributed by atoms with Gasteiger partial charge >= 0.3 is 0 Å². The molecular formula is C27H40IN5O. The Balaban J connectivity index is 0.00000408. The molecule has 7 heteroatoms. The van der Waals surface area contributed by atoms with Crippen molar-refractivity contribution in [3.8, 4) is 0 Å². The highest BCUT2D eigenvalue weighted by molar-refractivity contribution is 14.0. The van der Waals surface area contributed by atoms with Gasteiger partial charge in [0.05, 0.1) is 0 Å². The standard InChI is InChI=1S/C27H39N5O.HI/c1-21-9-8-10-22(2)25(21)13-16-28-27(29-19-26(33)31(3)4)30-24-14-17-32(18-15-24)20-23-11-6-5-7-12-23;/h5-12,24H,13-20H2,1-4H3,(H2,28,29,30);1H. The number of nitrogens with zero attached hydrogens (tertiary/aromatic N) is 3. The maximum Gasteiger partial charge on any atom is 0.243 e. The second-order valence-electron chi connectivity index (χ2n) is 9.18. The van der Waals surface area contributed by atoms with Crippen molar-refractivity contribution in [2.45, 2.75) is 45.7 Å². The Kier molecular flexibility index (Phi) is 11.8. The van der Waals surface area contributed by atoms with Crippen molar-refractivity contribution >= 4 is 35.8 Å². The average Bonchev–Trinajstić information content (AvgIpc) is 2.80. The third kappa shape index (κ3) is 8.91. The molecule has 1 fully saturated rings. The van der Waals surface area contributed by atoms with Gasteiger partial charge in [-0.3, -0.25) is 9.69 Å². The molecule has 1 saturated heterocycles. The normalized spacial score (nSPS) is 14.9. The Morgan fingerprint density at radius 2 is 1.68 bits per heavy atom. The molecule has 0 spiro atoms. The van der Waals surface area contributed by atoms with Crippen molar-refractivity contribution in [3.63, 3.8) is 0 Å². The maximum atomic E-state index is 12.1. The first-order valence-corrected chi connectivity index (χ1v) is 12.0. The van der Waals surface area contributed by atoms with Crippen LogP contribution < -0.4 is 10.6 Å². The number of carbonyl (C=O) groups is 1. The minimum atomic E-state index is 0. The highest BCUT2D eigenvalue weighted by atomic mass is 127. The van der Waals surface area contributed by atoms with Crippen molar-refractivity contribution in [3.05, 3.63) is 70.8 Å². The van der Waals surface area contributed by atoms with Gasteiger partial charge in [-0.2, -0.15) is 0 Å². The molecule has 34 heavy (non-hydrogen) atoms. The van der Waals surface area contributed by atoms with Gasteiger partial charge < -0.3 is 15.5 Å². The third-order valence-electron chi connectivity index (χ3n) is 6.36. The van der Waals surface area contributed by atoms with Crippen LogP contribution in [-0.2, 0) is 17.8 Å². The molecule has 0 radical (unpaired) electrons. The van der Waals surface area contributed by atoms with E-state index in [9.17, 15) is 4.79 Å². The number of hydrogen-bond acceptors (Lipinski definition) is 3. The van der Waals surface area contributed by atoms with Gasteiger partial charge in [0, 0.05) is 46.3 Å². The molecule has 3 rings (SSSR count). The number of nitrogens with one attached hydrogen (secondary N) is 2. The molecule has 0 aromatic heterocycles. The molecule has 6 nitrogen and oxygen atoms in total. The number of likely N-dealkylation sites (tertiary alicyclic amines) is 1. The molecule has 1 aliphatic rings. The topological polar surface area (TPSA) is 60.0 Å². The van der Waals surface area contributed by atoms with E-state index in [2.05, 4.69) is 82.9 Å². The first-order valence-electron chi connectivity index (χ1n) is 12.0. The van der Waals surface area contributed by atoms with Gasteiger partial charge in [0.1, 0.15) is 6.54 Å². The average molecular weight is 578 g/mol. The molecule has 0 atom stereocenters. The van der Waals surface area contributed by atoms with E-state index in [1.807, 2.05) is 0 Å². The fourth-order valence-corrected chi connectivity index (χ4v) is 4.26. The molecule has 2 aromatic carbocycles. The SMILES string of the molecule is Cc1cccc(C)c1CCNC(=NCC(=O)N(C)C)NC1CCN(Cc2ccccc2)CC1.I. The minimum absolute atomic E-state index is 0. The summed E-state index contributed by atoms with van der Waals surface area (Å²) >= 11 is 0. The summed E-state index contributed by atoms with van der Waals surface area (Å²) in [7, 11) is 3.53. The molecule has 1 aliphatic heterocycles. The number of likely N-dealkylation sites (N-methyl/N-ethyl adjacent to an activating group) is 1. The summed E-state index contributed by atoms with van der Waals surface area (Å²) < 4.78 is 0. The van der Waals surface area contributed by atoms with E-state index in [0.29, 0.717) is 6.04 Å². The third-order valence-corrected chi connectivity index (χ3v) is 6.36. The molecule has 186 valence electrons. The van der Waals surface area contributed by atoms with Crippen LogP contribution in [0.5, 0.6) is 0 Å². The molecule has 1 amide bonds. The number of aliphatic imine (C=N–C) groups is 1. The molecule has 0 aliphatic carbocycles. The van der Waals surface area contributed by atoms with Crippen molar-refractivity contribution in [1.29, 1.82) is 0 Å². The second-order valence-corrected chi connectivity index (χ2v) is 9.18. The maximum absolute atomic E-state index is 12.1. The van der Waals surface area contributed by atoms with Gasteiger partial charge in [-0.05, 0) is 55.4 Å². The predicted octanol–water partition coefficient (Wildman–Crippen LogP) is 3.75. The van der Waals surface area contributed by atoms with Crippen LogP contribution in [0.15, 0.2) is 53.5 Å². The largest absolute Gasteiger partial charge is 0.356 e. The highest BCUT2D eigenvalue weighted by Crippen LogP contribution is 2.15. The fraction of sp³-hybridized carbons (Fsp3) is 0.481. The zero-order chi connectivity index (χ0) is 23.6. The summed E-state index contributed by atoms with van der Waals surface area (Å²) in [4.78, 5) is 20.8. The Hall–Kier alpha value is -2.13. The highest BCUT2D eigenvalue weighted by Gasteiger charge is 2.20. The number of benzene rings is 2. The van der Waals surface area contributed by atoms with E-state index < -0.39 is 0 Å². The molecule has 0 bridgehead atoms. The number of piperidine rings is 1. The smallest absolute Gasteiger partial charge is 0.243 e. The first-order chi connectivity index (χ1) is 15.9. The number of hydrogen-bond donors (Lipinski definition) is 2. The number of rotatable bonds is 8. The lowest BCUT2D eigenvalue weighted by atomic mass is 10.0. The van der Waals surface area contributed by atoms with Gasteiger partial charge in [-0.15, -0.1) is 24.0 Å². The van der Waals surface area contributed by atoms with E-state index >= 15 is 0 Å². The number of carbonyl (C=O) groups excluding carboxylic acids is 1. The lowest BCUT2D eigenvalue weighted by molar-refractivity contribution is -0.127. The van der Waals surface area contributed by atoms with E-state index in [0.717, 1.165) is 51.4 Å². The molecule has 2 N–H and O–H groups in total. The summed E-state index contributed by atoms with van der Waals surface area (Å²) in [6.07, 6.45) is 3.05. The van der Waals surface area contributed by atoms with Crippen molar-refractivity contribution < 1.29 is 4.79 Å². The van der Waals surface area contributed by atoms with E-state index in [4.69, 9.17) is 0 Å². The quantitative estimate of drug-likeness (QED) is 0.285. The second kappa shape index (κ2) is 14.3. The van der Waals surface area contributed by atoms with E-state index in [1.54, 1.807) is 19.0 Å². The number of amides is 1. The minimum Gasteiger partial charge on any atom is -0.356 e. The van der Waals surface area contributed by atoms with Crippen LogP contribution >= 0.6 is 24.0 Å². The van der Waals surface area contributed by atoms with Crippen LogP contribution in [0.4, 0.5) is 0 Å². The Morgan fingerprint density at radius 1 is 1.03 bits per heavy atom. The summed E-state index contributed by atoms with van der Waals surface area (Å²) in [5, 5.41) is 7.06. The Bertz CT molecular complexity index is 904. The van der Waals surface area contributed by atoms with E-state index in [1.165, 1.54) is 22.3 Å². The van der Waals surface area contributed by atoms with Crippen LogP contribution in [0.25, 0.3) is 0 Å². The van der Waals surface area contributed by atoms with Crippen LogP contribution in [-0.4, -0.2) is 68.0 Å². The monoisotopic (exact) mass is 577 g/mol. The fourth-order valence-electron chi connectivity index (χ4n) is 4.26. The zero-order valence-electron chi connectivity index (χ0n) is 21.0. The summed E-state index contributed by atoms with van der Waals surface area (Å²) in [6, 6.07) is 17.4. The van der Waals surface area contributed by atoms with Crippen LogP contribution in [0, 0.1) is 13.8 Å². The molecule has 0 saturated carbocycles. The van der Waals surface area contributed by atoms with Gasteiger partial charge in [0.25, 0.3) is 0 Å². The summed E-state index contributed by atoms with van der Waals surface area (Å²) in [6.45, 7) is 8.36. The number of guanidine groups is 1. The molecule has 2 aromatic rings. The summed E-state index contributed by atoms with van der Waals surface area (Å²) in [5.41, 5.74) is 5.37. The summed E-state index contributed by atoms with van der Waals surface area (Å²) in [5.74, 6) is 0.737. The molecule has 0 unspecified atom stereocenters. The van der Waals surface area contributed by atoms with Crippen LogP contribution in [0.3, 0.4) is 0 Å². The number of halogens is 1. The van der Waals surface area contributed by atoms with E-state index in [-0.39, 0.29) is 36.4 Å². The van der Waals surface area contributed by atoms with Gasteiger partial charge in [-0.25, -0.2) is 4.99 Å². The lowest BCUT2D eigenvalue weighted by Crippen LogP contribution is -2.49. The van der Waals surface area contributed by atoms with Crippen molar-refractivity contribution in [2.75, 3.05) is 40.3 Å². The Labute approximate surface area is 222 Å². The predicted molar refractivity (Wildman–Crippen MR) is 152 cm³/mol.